The van der Waals surface area contributed by atoms with Gasteiger partial charge in [0, 0.05) is 30.0 Å². The van der Waals surface area contributed by atoms with Gasteiger partial charge in [-0.05, 0) is 51.3 Å². The lowest BCUT2D eigenvalue weighted by atomic mass is 9.97. The number of nitrogens with zero attached hydrogens (tertiary/aromatic N) is 4. The molecule has 1 aromatic heterocycles. The smallest absolute Gasteiger partial charge is 0.365 e. The van der Waals surface area contributed by atoms with Crippen LogP contribution in [0.15, 0.2) is 35.5 Å². The summed E-state index contributed by atoms with van der Waals surface area (Å²) >= 11 is 0. The molecule has 2 aliphatic heterocycles. The monoisotopic (exact) mass is 459 g/mol. The number of halogens is 3. The van der Waals surface area contributed by atoms with Crippen molar-refractivity contribution < 1.29 is 13.2 Å². The minimum absolute atomic E-state index is 0.129. The highest BCUT2D eigenvalue weighted by atomic mass is 19.4. The first-order chi connectivity index (χ1) is 15.4. The van der Waals surface area contributed by atoms with Gasteiger partial charge in [0.25, 0.3) is 0 Å². The molecule has 178 valence electrons. The fourth-order valence-corrected chi connectivity index (χ4v) is 4.95. The lowest BCUT2D eigenvalue weighted by Crippen LogP contribution is -2.30. The van der Waals surface area contributed by atoms with Crippen molar-refractivity contribution in [3.8, 4) is 0 Å². The van der Waals surface area contributed by atoms with Gasteiger partial charge in [-0.15, -0.1) is 0 Å². The van der Waals surface area contributed by atoms with Crippen molar-refractivity contribution in [3.05, 3.63) is 63.9 Å². The molecule has 0 bridgehead atoms. The molecule has 1 aromatic carbocycles. The normalized spacial score (nSPS) is 18.2. The molecule has 5 nitrogen and oxygen atoms in total. The van der Waals surface area contributed by atoms with Crippen LogP contribution in [0.1, 0.15) is 74.5 Å². The third-order valence-electron chi connectivity index (χ3n) is 6.72. The first-order valence-corrected chi connectivity index (χ1v) is 11.5. The summed E-state index contributed by atoms with van der Waals surface area (Å²) < 4.78 is 42.6. The van der Waals surface area contributed by atoms with E-state index in [4.69, 9.17) is 9.98 Å². The van der Waals surface area contributed by atoms with Crippen molar-refractivity contribution in [2.75, 3.05) is 11.9 Å². The van der Waals surface area contributed by atoms with Crippen molar-refractivity contribution >= 4 is 5.95 Å². The fraction of sp³-hybridized carbons (Fsp3) is 0.520. The standard InChI is InChI=1S/C25H32F3N5/c1-7-9-15(2)32-12-19-21(13-32)33-23(29-14-24(33,5)6)31-22(19)30-17(4)18-10-8-11-20(16(18)3)25(26,27)28/h8,10-11,17H,2,7,9,12-14H2,1,3-6H3,(H,29,30,31)/t17-/m1/s1. The number of fused-ring (bicyclic) bond motifs is 3. The van der Waals surface area contributed by atoms with Crippen LogP contribution in [0.4, 0.5) is 19.1 Å². The topological polar surface area (TPSA) is 45.5 Å². The Kier molecular flexibility index (Phi) is 5.83. The molecule has 0 amide bonds. The lowest BCUT2D eigenvalue weighted by molar-refractivity contribution is -0.138. The van der Waals surface area contributed by atoms with Gasteiger partial charge in [-0.25, -0.2) is 0 Å². The van der Waals surface area contributed by atoms with E-state index >= 15 is 0 Å². The minimum atomic E-state index is -4.39. The summed E-state index contributed by atoms with van der Waals surface area (Å²) in [6.07, 6.45) is -2.45. The molecule has 1 N–H and O–H groups in total. The second kappa shape index (κ2) is 8.22. The molecule has 0 saturated carbocycles. The molecule has 2 aliphatic rings. The summed E-state index contributed by atoms with van der Waals surface area (Å²) in [6.45, 7) is 16.2. The van der Waals surface area contributed by atoms with Crippen molar-refractivity contribution in [1.82, 2.24) is 14.5 Å². The molecule has 0 aliphatic carbocycles. The Labute approximate surface area is 193 Å². The molecular formula is C25H32F3N5. The van der Waals surface area contributed by atoms with E-state index in [1.54, 1.807) is 6.07 Å². The second-order valence-electron chi connectivity index (χ2n) is 9.68. The molecular weight excluding hydrogens is 427 g/mol. The van der Waals surface area contributed by atoms with E-state index < -0.39 is 17.8 Å². The number of allylic oxidation sites excluding steroid dienone is 1. The minimum Gasteiger partial charge on any atom is -0.365 e. The third kappa shape index (κ3) is 4.15. The van der Waals surface area contributed by atoms with Crippen LogP contribution < -0.4 is 10.8 Å². The highest BCUT2D eigenvalue weighted by Gasteiger charge is 2.37. The third-order valence-corrected chi connectivity index (χ3v) is 6.72. The van der Waals surface area contributed by atoms with Crippen LogP contribution >= 0.6 is 0 Å². The first kappa shape index (κ1) is 23.4. The van der Waals surface area contributed by atoms with E-state index in [1.807, 2.05) is 6.92 Å². The molecule has 0 radical (unpaired) electrons. The van der Waals surface area contributed by atoms with Gasteiger partial charge in [0.15, 0.2) is 5.49 Å². The summed E-state index contributed by atoms with van der Waals surface area (Å²) in [5, 5.41) is 3.39. The van der Waals surface area contributed by atoms with Gasteiger partial charge in [0.2, 0.25) is 5.95 Å². The van der Waals surface area contributed by atoms with Crippen LogP contribution in [-0.2, 0) is 24.8 Å². The van der Waals surface area contributed by atoms with Crippen LogP contribution in [0.25, 0.3) is 0 Å². The second-order valence-corrected chi connectivity index (χ2v) is 9.68. The van der Waals surface area contributed by atoms with E-state index in [-0.39, 0.29) is 11.1 Å². The van der Waals surface area contributed by atoms with Crippen LogP contribution in [0, 0.1) is 6.92 Å². The maximum Gasteiger partial charge on any atom is 0.416 e. The van der Waals surface area contributed by atoms with Gasteiger partial charge < -0.3 is 14.8 Å². The predicted octanol–water partition coefficient (Wildman–Crippen LogP) is 5.66. The molecule has 4 rings (SSSR count). The molecule has 0 spiro atoms. The summed E-state index contributed by atoms with van der Waals surface area (Å²) in [5.41, 5.74) is 3.89. The van der Waals surface area contributed by atoms with E-state index in [0.29, 0.717) is 17.6 Å². The van der Waals surface area contributed by atoms with Crippen molar-refractivity contribution in [1.29, 1.82) is 0 Å². The fourth-order valence-electron chi connectivity index (χ4n) is 4.95. The van der Waals surface area contributed by atoms with E-state index in [1.165, 1.54) is 13.0 Å². The summed E-state index contributed by atoms with van der Waals surface area (Å²) in [5.74, 6) is 0.758. The zero-order valence-electron chi connectivity index (χ0n) is 20.0. The molecule has 2 aromatic rings. The number of hydrogen-bond donors (Lipinski definition) is 1. The molecule has 33 heavy (non-hydrogen) atoms. The van der Waals surface area contributed by atoms with Gasteiger partial charge in [-0.3, -0.25) is 4.99 Å². The average molecular weight is 460 g/mol. The number of alkyl halides is 3. The van der Waals surface area contributed by atoms with Crippen molar-refractivity contribution in [2.24, 2.45) is 4.99 Å². The van der Waals surface area contributed by atoms with Crippen LogP contribution in [-0.4, -0.2) is 21.0 Å². The van der Waals surface area contributed by atoms with Crippen molar-refractivity contribution in [2.45, 2.75) is 78.3 Å². The average Bonchev–Trinajstić information content (AvgIpc) is 3.28. The number of benzene rings is 1. The summed E-state index contributed by atoms with van der Waals surface area (Å²) in [6, 6.07) is 3.83. The number of hydrogen-bond acceptors (Lipinski definition) is 4. The Balaban J connectivity index is 1.82. The lowest BCUT2D eigenvalue weighted by Gasteiger charge is -2.25. The highest BCUT2D eigenvalue weighted by Crippen LogP contribution is 2.36. The molecule has 8 heteroatoms. The quantitative estimate of drug-likeness (QED) is 0.627. The van der Waals surface area contributed by atoms with Gasteiger partial charge in [0.1, 0.15) is 0 Å². The van der Waals surface area contributed by atoms with Crippen LogP contribution in [0.5, 0.6) is 0 Å². The molecule has 0 unspecified atom stereocenters. The van der Waals surface area contributed by atoms with E-state index in [9.17, 15) is 13.2 Å². The molecule has 0 fully saturated rings. The largest absolute Gasteiger partial charge is 0.416 e. The predicted molar refractivity (Wildman–Crippen MR) is 123 cm³/mol. The number of aromatic nitrogens is 2. The van der Waals surface area contributed by atoms with Gasteiger partial charge >= 0.3 is 6.18 Å². The zero-order valence-corrected chi connectivity index (χ0v) is 20.0. The van der Waals surface area contributed by atoms with Gasteiger partial charge in [-0.1, -0.05) is 32.1 Å². The number of anilines is 1. The van der Waals surface area contributed by atoms with Gasteiger partial charge in [0.05, 0.1) is 23.7 Å². The summed E-state index contributed by atoms with van der Waals surface area (Å²) in [4.78, 5) is 12.0. The maximum atomic E-state index is 13.4. The Hall–Kier alpha value is -2.77. The first-order valence-electron chi connectivity index (χ1n) is 11.5. The van der Waals surface area contributed by atoms with Crippen LogP contribution in [0.2, 0.25) is 0 Å². The highest BCUT2D eigenvalue weighted by molar-refractivity contribution is 5.42. The molecule has 0 saturated heterocycles. The Morgan fingerprint density at radius 2 is 2.03 bits per heavy atom. The summed E-state index contributed by atoms with van der Waals surface area (Å²) in [7, 11) is 0. The Bertz CT molecular complexity index is 1160. The SMILES string of the molecule is C=C(CCC)N1Cc2c(n3c(nc2=N[C@H](C)c2cccc(C(F)(F)F)c2C)NCC3(C)C)C1. The number of rotatable bonds is 5. The van der Waals surface area contributed by atoms with Crippen LogP contribution in [0.3, 0.4) is 0 Å². The maximum absolute atomic E-state index is 13.4. The van der Waals surface area contributed by atoms with E-state index in [2.05, 4.69) is 42.1 Å². The zero-order chi connectivity index (χ0) is 24.1. The van der Waals surface area contributed by atoms with E-state index in [0.717, 1.165) is 54.9 Å². The molecule has 1 atom stereocenters. The van der Waals surface area contributed by atoms with Gasteiger partial charge in [-0.2, -0.15) is 18.2 Å². The molecule has 3 heterocycles. The Morgan fingerprint density at radius 3 is 2.70 bits per heavy atom. The Morgan fingerprint density at radius 1 is 1.30 bits per heavy atom. The van der Waals surface area contributed by atoms with Crippen molar-refractivity contribution in [3.63, 3.8) is 0 Å². The number of nitrogens with one attached hydrogen (secondary N) is 1.